The van der Waals surface area contributed by atoms with Crippen LogP contribution in [-0.2, 0) is 0 Å². The Bertz CT molecular complexity index is 982. The lowest BCUT2D eigenvalue weighted by molar-refractivity contribution is 0.102. The van der Waals surface area contributed by atoms with E-state index in [9.17, 15) is 4.79 Å². The number of rotatable bonds is 5. The van der Waals surface area contributed by atoms with Crippen molar-refractivity contribution in [1.82, 2.24) is 10.1 Å². The average Bonchev–Trinajstić information content (AvgIpc) is 3.10. The molecular formula is C20H18ClN3O3. The Morgan fingerprint density at radius 2 is 2.11 bits per heavy atom. The minimum Gasteiger partial charge on any atom is -0.495 e. The van der Waals surface area contributed by atoms with Gasteiger partial charge < -0.3 is 14.6 Å². The van der Waals surface area contributed by atoms with Crippen LogP contribution >= 0.6 is 11.6 Å². The summed E-state index contributed by atoms with van der Waals surface area (Å²) < 4.78 is 10.6. The number of hydrogen-bond acceptors (Lipinski definition) is 5. The van der Waals surface area contributed by atoms with E-state index in [0.29, 0.717) is 39.7 Å². The van der Waals surface area contributed by atoms with Gasteiger partial charge in [-0.1, -0.05) is 35.3 Å². The number of ether oxygens (including phenoxy) is 1. The zero-order valence-electron chi connectivity index (χ0n) is 14.7. The van der Waals surface area contributed by atoms with Crippen molar-refractivity contribution in [2.75, 3.05) is 12.4 Å². The Labute approximate surface area is 161 Å². The fraction of sp³-hybridized carbons (Fsp3) is 0.250. The number of carbonyl (C=O) groups is 1. The van der Waals surface area contributed by atoms with Gasteiger partial charge in [-0.25, -0.2) is 0 Å². The lowest BCUT2D eigenvalue weighted by Crippen LogP contribution is -2.12. The summed E-state index contributed by atoms with van der Waals surface area (Å²) in [4.78, 5) is 17.2. The van der Waals surface area contributed by atoms with Gasteiger partial charge in [-0.15, -0.1) is 0 Å². The molecule has 0 bridgehead atoms. The Morgan fingerprint density at radius 3 is 2.85 bits per heavy atom. The highest BCUT2D eigenvalue weighted by atomic mass is 35.5. The molecule has 1 heterocycles. The van der Waals surface area contributed by atoms with Gasteiger partial charge in [0.25, 0.3) is 5.91 Å². The van der Waals surface area contributed by atoms with Crippen LogP contribution in [0.4, 0.5) is 5.69 Å². The number of halogens is 1. The molecule has 2 aromatic carbocycles. The summed E-state index contributed by atoms with van der Waals surface area (Å²) in [5.41, 5.74) is 1.71. The lowest BCUT2D eigenvalue weighted by Gasteiger charge is -2.20. The van der Waals surface area contributed by atoms with Crippen LogP contribution in [0.25, 0.3) is 11.4 Å². The van der Waals surface area contributed by atoms with Gasteiger partial charge in [0.2, 0.25) is 11.7 Å². The van der Waals surface area contributed by atoms with Gasteiger partial charge in [0.15, 0.2) is 0 Å². The molecule has 7 heteroatoms. The van der Waals surface area contributed by atoms with E-state index in [0.717, 1.165) is 18.4 Å². The van der Waals surface area contributed by atoms with E-state index in [1.165, 1.54) is 13.5 Å². The first-order valence-electron chi connectivity index (χ1n) is 8.73. The molecule has 0 spiro atoms. The quantitative estimate of drug-likeness (QED) is 0.676. The topological polar surface area (TPSA) is 77.2 Å². The minimum atomic E-state index is -0.278. The van der Waals surface area contributed by atoms with Crippen molar-refractivity contribution < 1.29 is 14.1 Å². The highest BCUT2D eigenvalue weighted by molar-refractivity contribution is 6.31. The van der Waals surface area contributed by atoms with Crippen LogP contribution in [0.5, 0.6) is 5.75 Å². The van der Waals surface area contributed by atoms with Gasteiger partial charge in [0, 0.05) is 22.1 Å². The van der Waals surface area contributed by atoms with Crippen LogP contribution < -0.4 is 10.1 Å². The van der Waals surface area contributed by atoms with E-state index in [-0.39, 0.29) is 5.91 Å². The number of nitrogens with zero attached hydrogens (tertiary/aromatic N) is 2. The molecule has 3 aromatic rings. The van der Waals surface area contributed by atoms with Crippen LogP contribution in [0.15, 0.2) is 47.0 Å². The summed E-state index contributed by atoms with van der Waals surface area (Å²) in [6.45, 7) is 0. The maximum atomic E-state index is 12.7. The van der Waals surface area contributed by atoms with Crippen LogP contribution in [0.1, 0.15) is 41.4 Å². The van der Waals surface area contributed by atoms with Crippen molar-refractivity contribution in [2.45, 2.75) is 25.2 Å². The largest absolute Gasteiger partial charge is 0.495 e. The van der Waals surface area contributed by atoms with Crippen molar-refractivity contribution in [3.8, 4) is 17.1 Å². The minimum absolute atomic E-state index is 0.278. The summed E-state index contributed by atoms with van der Waals surface area (Å²) in [6.07, 6.45) is 3.38. The van der Waals surface area contributed by atoms with E-state index >= 15 is 0 Å². The number of hydrogen-bond donors (Lipinski definition) is 1. The number of methoxy groups -OCH3 is 1. The third kappa shape index (κ3) is 3.66. The van der Waals surface area contributed by atoms with Gasteiger partial charge in [-0.3, -0.25) is 4.79 Å². The van der Waals surface area contributed by atoms with E-state index < -0.39 is 0 Å². The number of anilines is 1. The second-order valence-electron chi connectivity index (χ2n) is 6.46. The summed E-state index contributed by atoms with van der Waals surface area (Å²) in [5, 5.41) is 7.39. The van der Waals surface area contributed by atoms with Crippen molar-refractivity contribution in [1.29, 1.82) is 0 Å². The molecule has 0 aliphatic heterocycles. The Balaban J connectivity index is 1.56. The highest BCUT2D eigenvalue weighted by Crippen LogP contribution is 2.36. The first-order valence-corrected chi connectivity index (χ1v) is 9.11. The zero-order chi connectivity index (χ0) is 18.8. The number of amides is 1. The van der Waals surface area contributed by atoms with Crippen molar-refractivity contribution in [2.24, 2.45) is 0 Å². The standard InChI is InChI=1S/C20H18ClN3O3/c1-26-17-9-8-15(21)11-16(17)22-19(25)14-7-3-6-13(10-14)18-23-20(27-24-18)12-4-2-5-12/h3,6-12H,2,4-5H2,1H3,(H,22,25). The van der Waals surface area contributed by atoms with Crippen molar-refractivity contribution in [3.05, 3.63) is 58.9 Å². The van der Waals surface area contributed by atoms with E-state index in [1.54, 1.807) is 36.4 Å². The van der Waals surface area contributed by atoms with Crippen LogP contribution in [0, 0.1) is 0 Å². The van der Waals surface area contributed by atoms with E-state index in [2.05, 4.69) is 15.5 Å². The summed E-state index contributed by atoms with van der Waals surface area (Å²) in [6, 6.07) is 12.2. The highest BCUT2D eigenvalue weighted by Gasteiger charge is 2.25. The molecule has 1 saturated carbocycles. The number of carbonyl (C=O) groups excluding carboxylic acids is 1. The first kappa shape index (κ1) is 17.5. The molecule has 1 N–H and O–H groups in total. The Morgan fingerprint density at radius 1 is 1.26 bits per heavy atom. The second kappa shape index (κ2) is 7.40. The molecule has 1 aromatic heterocycles. The molecular weight excluding hydrogens is 366 g/mol. The summed E-state index contributed by atoms with van der Waals surface area (Å²) >= 11 is 6.02. The van der Waals surface area contributed by atoms with E-state index in [1.807, 2.05) is 6.07 Å². The molecule has 0 radical (unpaired) electrons. The van der Waals surface area contributed by atoms with Crippen LogP contribution in [0.2, 0.25) is 5.02 Å². The Hall–Kier alpha value is -2.86. The predicted molar refractivity (Wildman–Crippen MR) is 102 cm³/mol. The number of benzene rings is 2. The smallest absolute Gasteiger partial charge is 0.255 e. The lowest BCUT2D eigenvalue weighted by atomic mass is 9.85. The second-order valence-corrected chi connectivity index (χ2v) is 6.90. The van der Waals surface area contributed by atoms with E-state index in [4.69, 9.17) is 20.9 Å². The van der Waals surface area contributed by atoms with Gasteiger partial charge in [-0.2, -0.15) is 4.98 Å². The van der Waals surface area contributed by atoms with Crippen molar-refractivity contribution in [3.63, 3.8) is 0 Å². The van der Waals surface area contributed by atoms with Gasteiger partial charge in [0.05, 0.1) is 12.8 Å². The first-order chi connectivity index (χ1) is 13.1. The Kier molecular flexibility index (Phi) is 4.81. The maximum Gasteiger partial charge on any atom is 0.255 e. The van der Waals surface area contributed by atoms with Gasteiger partial charge in [0.1, 0.15) is 5.75 Å². The molecule has 138 valence electrons. The third-order valence-electron chi connectivity index (χ3n) is 4.69. The molecule has 1 aliphatic carbocycles. The summed E-state index contributed by atoms with van der Waals surface area (Å²) in [7, 11) is 1.54. The number of aromatic nitrogens is 2. The monoisotopic (exact) mass is 383 g/mol. The van der Waals surface area contributed by atoms with Crippen LogP contribution in [-0.4, -0.2) is 23.2 Å². The third-order valence-corrected chi connectivity index (χ3v) is 4.92. The molecule has 1 fully saturated rings. The number of nitrogens with one attached hydrogen (secondary N) is 1. The molecule has 1 amide bonds. The molecule has 27 heavy (non-hydrogen) atoms. The SMILES string of the molecule is COc1ccc(Cl)cc1NC(=O)c1cccc(-c2noc(C3CCC3)n2)c1. The maximum absolute atomic E-state index is 12.7. The van der Waals surface area contributed by atoms with Gasteiger partial charge in [-0.05, 0) is 43.2 Å². The molecule has 1 aliphatic rings. The predicted octanol–water partition coefficient (Wildman–Crippen LogP) is 4.92. The van der Waals surface area contributed by atoms with Crippen molar-refractivity contribution >= 4 is 23.2 Å². The molecule has 0 saturated heterocycles. The van der Waals surface area contributed by atoms with Crippen LogP contribution in [0.3, 0.4) is 0 Å². The molecule has 0 atom stereocenters. The molecule has 4 rings (SSSR count). The van der Waals surface area contributed by atoms with Gasteiger partial charge >= 0.3 is 0 Å². The normalized spacial score (nSPS) is 13.9. The zero-order valence-corrected chi connectivity index (χ0v) is 15.5. The summed E-state index contributed by atoms with van der Waals surface area (Å²) in [5.74, 6) is 1.79. The molecule has 6 nitrogen and oxygen atoms in total. The average molecular weight is 384 g/mol. The fourth-order valence-corrected chi connectivity index (χ4v) is 3.12. The fourth-order valence-electron chi connectivity index (χ4n) is 2.95. The molecule has 0 unspecified atom stereocenters.